The van der Waals surface area contributed by atoms with Gasteiger partial charge in [-0.05, 0) is 109 Å². The van der Waals surface area contributed by atoms with E-state index in [0.29, 0.717) is 12.1 Å². The Balaban J connectivity index is 0.000000262. The van der Waals surface area contributed by atoms with Gasteiger partial charge in [-0.2, -0.15) is 0 Å². The van der Waals surface area contributed by atoms with Crippen molar-refractivity contribution in [2.24, 2.45) is 5.73 Å². The highest BCUT2D eigenvalue weighted by Crippen LogP contribution is 2.48. The van der Waals surface area contributed by atoms with Crippen LogP contribution in [0.25, 0.3) is 27.1 Å². The molecular formula is C46H45N3O2. The molecule has 1 heterocycles. The zero-order valence-electron chi connectivity index (χ0n) is 29.8. The number of para-hydroxylation sites is 1. The lowest BCUT2D eigenvalue weighted by Crippen LogP contribution is -2.31. The fraction of sp³-hybridized carbons (Fsp3) is 0.217. The molecule has 8 rings (SSSR count). The van der Waals surface area contributed by atoms with Crippen LogP contribution in [0.15, 0.2) is 127 Å². The maximum atomic E-state index is 13.2. The monoisotopic (exact) mass is 671 g/mol. The van der Waals surface area contributed by atoms with E-state index in [1.54, 1.807) is 6.92 Å². The van der Waals surface area contributed by atoms with Crippen molar-refractivity contribution in [3.05, 3.63) is 161 Å². The Kier molecular flexibility index (Phi) is 9.33. The zero-order chi connectivity index (χ0) is 35.7. The molecule has 0 aromatic heterocycles. The van der Waals surface area contributed by atoms with Crippen molar-refractivity contribution in [3.63, 3.8) is 0 Å². The summed E-state index contributed by atoms with van der Waals surface area (Å²) in [4.78, 5) is 25.9. The molecule has 2 aliphatic rings. The van der Waals surface area contributed by atoms with Crippen molar-refractivity contribution in [1.82, 2.24) is 0 Å². The molecule has 2 atom stereocenters. The number of nitrogens with one attached hydrogen (secondary N) is 2. The topological polar surface area (TPSA) is 84.2 Å². The summed E-state index contributed by atoms with van der Waals surface area (Å²) < 4.78 is 0. The number of allylic oxidation sites excluding steroid dienone is 1. The normalized spacial score (nSPS) is 17.2. The van der Waals surface area contributed by atoms with Gasteiger partial charge in [0.25, 0.3) is 5.91 Å². The van der Waals surface area contributed by atoms with Crippen LogP contribution in [0.4, 0.5) is 11.4 Å². The summed E-state index contributed by atoms with van der Waals surface area (Å²) in [5.41, 5.74) is 15.9. The second-order valence-corrected chi connectivity index (χ2v) is 14.4. The van der Waals surface area contributed by atoms with Crippen LogP contribution in [0.5, 0.6) is 0 Å². The summed E-state index contributed by atoms with van der Waals surface area (Å²) in [6.45, 7) is 8.74. The summed E-state index contributed by atoms with van der Waals surface area (Å²) in [6, 6.07) is 40.8. The molecule has 0 saturated carbocycles. The number of nitrogens with two attached hydrogens (primary N) is 1. The average Bonchev–Trinajstić information content (AvgIpc) is 3.14. The number of hydrogen-bond donors (Lipinski definition) is 3. The van der Waals surface area contributed by atoms with E-state index in [0.717, 1.165) is 51.2 Å². The highest BCUT2D eigenvalue weighted by Gasteiger charge is 2.32. The van der Waals surface area contributed by atoms with Gasteiger partial charge in [-0.15, -0.1) is 0 Å². The van der Waals surface area contributed by atoms with Gasteiger partial charge in [0.15, 0.2) is 0 Å². The lowest BCUT2D eigenvalue weighted by Gasteiger charge is -2.32. The second-order valence-electron chi connectivity index (χ2n) is 14.4. The van der Waals surface area contributed by atoms with Gasteiger partial charge in [-0.25, -0.2) is 0 Å². The van der Waals surface area contributed by atoms with E-state index < -0.39 is 0 Å². The van der Waals surface area contributed by atoms with Crippen LogP contribution in [0.3, 0.4) is 0 Å². The van der Waals surface area contributed by atoms with E-state index >= 15 is 0 Å². The number of Topliss-reactive ketones (excluding diaryl/α,β-unsaturated/α-hetero) is 1. The first-order valence-corrected chi connectivity index (χ1v) is 17.8. The van der Waals surface area contributed by atoms with E-state index in [1.165, 1.54) is 28.0 Å². The first-order chi connectivity index (χ1) is 24.6. The number of fused-ring (bicyclic) bond motifs is 6. The van der Waals surface area contributed by atoms with Gasteiger partial charge < -0.3 is 16.4 Å². The number of carbonyl (C=O) groups excluding carboxylic acids is 2. The molecule has 0 saturated heterocycles. The molecule has 1 amide bonds. The lowest BCUT2D eigenvalue weighted by atomic mass is 9.71. The van der Waals surface area contributed by atoms with E-state index in [-0.39, 0.29) is 29.1 Å². The van der Waals surface area contributed by atoms with Crippen molar-refractivity contribution in [1.29, 1.82) is 0 Å². The fourth-order valence-electron chi connectivity index (χ4n) is 8.01. The van der Waals surface area contributed by atoms with Crippen LogP contribution in [0, 0.1) is 0 Å². The van der Waals surface area contributed by atoms with Crippen molar-refractivity contribution in [2.75, 3.05) is 10.6 Å². The SMILES string of the molecule is CC(=O)C1CCC(c2ccc(CN)cc2)c2c1ccc1c2cc(NC(=O)c2ccccc2)c2ccccc21.CC1=CC(C)(C)Nc2ccccc21. The van der Waals surface area contributed by atoms with Crippen LogP contribution in [0.2, 0.25) is 0 Å². The van der Waals surface area contributed by atoms with Crippen molar-refractivity contribution in [3.8, 4) is 0 Å². The van der Waals surface area contributed by atoms with Gasteiger partial charge in [0, 0.05) is 46.3 Å². The first kappa shape index (κ1) is 34.0. The van der Waals surface area contributed by atoms with Crippen molar-refractivity contribution in [2.45, 2.75) is 64.5 Å². The lowest BCUT2D eigenvalue weighted by molar-refractivity contribution is -0.118. The number of anilines is 2. The van der Waals surface area contributed by atoms with E-state index in [2.05, 4.69) is 116 Å². The molecule has 1 aliphatic heterocycles. The molecule has 256 valence electrons. The molecule has 5 nitrogen and oxygen atoms in total. The predicted octanol–water partition coefficient (Wildman–Crippen LogP) is 10.6. The highest BCUT2D eigenvalue weighted by molar-refractivity contribution is 6.18. The van der Waals surface area contributed by atoms with Gasteiger partial charge in [0.05, 0.1) is 5.54 Å². The average molecular weight is 672 g/mol. The summed E-state index contributed by atoms with van der Waals surface area (Å²) in [5, 5.41) is 11.0. The molecule has 1 aliphatic carbocycles. The molecule has 0 radical (unpaired) electrons. The van der Waals surface area contributed by atoms with Crippen LogP contribution >= 0.6 is 0 Å². The maximum Gasteiger partial charge on any atom is 0.255 e. The van der Waals surface area contributed by atoms with Crippen molar-refractivity contribution >= 4 is 50.2 Å². The third-order valence-corrected chi connectivity index (χ3v) is 10.4. The van der Waals surface area contributed by atoms with Crippen LogP contribution in [-0.2, 0) is 11.3 Å². The summed E-state index contributed by atoms with van der Waals surface area (Å²) in [7, 11) is 0. The van der Waals surface area contributed by atoms with Crippen molar-refractivity contribution < 1.29 is 9.59 Å². The van der Waals surface area contributed by atoms with Crippen LogP contribution < -0.4 is 16.4 Å². The molecule has 4 N–H and O–H groups in total. The Labute approximate surface area is 300 Å². The Morgan fingerprint density at radius 1 is 0.784 bits per heavy atom. The number of amides is 1. The van der Waals surface area contributed by atoms with Gasteiger partial charge in [-0.1, -0.05) is 103 Å². The number of ketones is 1. The second kappa shape index (κ2) is 14.0. The molecule has 0 fully saturated rings. The molecule has 5 heteroatoms. The molecule has 0 spiro atoms. The highest BCUT2D eigenvalue weighted by atomic mass is 16.1. The minimum atomic E-state index is -0.143. The van der Waals surface area contributed by atoms with E-state index in [9.17, 15) is 9.59 Å². The third kappa shape index (κ3) is 6.82. The molecule has 6 aromatic rings. The number of hydrogen-bond acceptors (Lipinski definition) is 4. The minimum Gasteiger partial charge on any atom is -0.376 e. The standard InChI is InChI=1S/C34H30N2O2.C12H15N/c1-21(37)25-15-16-26(23-13-11-22(20-35)12-14-23)33-30(25)18-17-28-27-9-5-6-10-29(27)32(19-31(28)33)36-34(38)24-7-3-2-4-8-24;1-9-8-12(2,3)13-11-7-5-4-6-10(9)11/h2-14,17-19,25-26H,15-16,20,35H2,1H3,(H,36,38);4-8,13H,1-3H3. The number of benzene rings is 6. The first-order valence-electron chi connectivity index (χ1n) is 17.8. The van der Waals surface area contributed by atoms with Crippen LogP contribution in [0.1, 0.15) is 90.5 Å². The largest absolute Gasteiger partial charge is 0.376 e. The quantitative estimate of drug-likeness (QED) is 0.159. The molecule has 6 aromatic carbocycles. The Bertz CT molecular complexity index is 2290. The van der Waals surface area contributed by atoms with E-state index in [1.807, 2.05) is 42.5 Å². The predicted molar refractivity (Wildman–Crippen MR) is 212 cm³/mol. The van der Waals surface area contributed by atoms with Gasteiger partial charge in [0.2, 0.25) is 0 Å². The number of rotatable bonds is 5. The summed E-state index contributed by atoms with van der Waals surface area (Å²) in [6.07, 6.45) is 3.98. The van der Waals surface area contributed by atoms with Gasteiger partial charge in [0.1, 0.15) is 5.78 Å². The van der Waals surface area contributed by atoms with E-state index in [4.69, 9.17) is 5.73 Å². The smallest absolute Gasteiger partial charge is 0.255 e. The molecule has 0 bridgehead atoms. The fourth-order valence-corrected chi connectivity index (χ4v) is 8.01. The van der Waals surface area contributed by atoms with Crippen LogP contribution in [-0.4, -0.2) is 17.2 Å². The Hall–Kier alpha value is -5.52. The molecular weight excluding hydrogens is 627 g/mol. The van der Waals surface area contributed by atoms with Gasteiger partial charge >= 0.3 is 0 Å². The third-order valence-electron chi connectivity index (χ3n) is 10.4. The van der Waals surface area contributed by atoms with Gasteiger partial charge in [-0.3, -0.25) is 9.59 Å². The molecule has 51 heavy (non-hydrogen) atoms. The minimum absolute atomic E-state index is 0.0818. The summed E-state index contributed by atoms with van der Waals surface area (Å²) in [5.74, 6) is 0.0779. The molecule has 2 unspecified atom stereocenters. The maximum absolute atomic E-state index is 13.2. The zero-order valence-corrected chi connectivity index (χ0v) is 29.8. The Morgan fingerprint density at radius 3 is 2.18 bits per heavy atom. The number of carbonyl (C=O) groups is 2. The summed E-state index contributed by atoms with van der Waals surface area (Å²) >= 11 is 0. The Morgan fingerprint density at radius 2 is 1.45 bits per heavy atom.